The fourth-order valence-corrected chi connectivity index (χ4v) is 1.56. The highest BCUT2D eigenvalue weighted by Gasteiger charge is 2.31. The average molecular weight is 272 g/mol. The van der Waals surface area contributed by atoms with Gasteiger partial charge in [0.1, 0.15) is 5.75 Å². The fraction of sp³-hybridized carbons (Fsp3) is 0.385. The molecule has 1 rings (SSSR count). The first kappa shape index (κ1) is 15.3. The second-order valence-electron chi connectivity index (χ2n) is 3.81. The van der Waals surface area contributed by atoms with Gasteiger partial charge in [-0.3, -0.25) is 0 Å². The first-order valence-electron chi connectivity index (χ1n) is 5.69. The molecule has 0 bridgehead atoms. The van der Waals surface area contributed by atoms with Crippen LogP contribution in [0.4, 0.5) is 13.2 Å². The molecule has 0 fully saturated rings. The van der Waals surface area contributed by atoms with E-state index >= 15 is 0 Å². The first-order chi connectivity index (χ1) is 8.96. The van der Waals surface area contributed by atoms with Gasteiger partial charge in [0, 0.05) is 25.6 Å². The number of ether oxygens (including phenoxy) is 1. The molecule has 3 nitrogen and oxygen atoms in total. The molecular weight excluding hydrogens is 257 g/mol. The van der Waals surface area contributed by atoms with E-state index in [4.69, 9.17) is 12.2 Å². The van der Waals surface area contributed by atoms with Crippen LogP contribution in [0.1, 0.15) is 18.0 Å². The molecule has 0 aliphatic rings. The lowest BCUT2D eigenvalue weighted by atomic mass is 10.1. The smallest absolute Gasteiger partial charge is 0.406 e. The number of nitrogens with one attached hydrogen (secondary N) is 1. The number of nitrogens with two attached hydrogens (primary N) is 1. The molecule has 0 aliphatic heterocycles. The summed E-state index contributed by atoms with van der Waals surface area (Å²) < 4.78 is 39.8. The van der Waals surface area contributed by atoms with E-state index in [9.17, 15) is 13.2 Å². The van der Waals surface area contributed by atoms with Crippen molar-refractivity contribution in [1.29, 1.82) is 0 Å². The zero-order valence-electron chi connectivity index (χ0n) is 10.2. The summed E-state index contributed by atoms with van der Waals surface area (Å²) >= 11 is 0. The number of alkyl halides is 3. The van der Waals surface area contributed by atoms with E-state index in [0.717, 1.165) is 5.56 Å². The molecule has 6 heteroatoms. The molecule has 1 atom stereocenters. The van der Waals surface area contributed by atoms with Gasteiger partial charge in [0.05, 0.1) is 0 Å². The minimum atomic E-state index is -4.68. The predicted molar refractivity (Wildman–Crippen MR) is 66.4 cm³/mol. The zero-order valence-corrected chi connectivity index (χ0v) is 10.2. The second-order valence-corrected chi connectivity index (χ2v) is 3.81. The molecule has 0 amide bonds. The lowest BCUT2D eigenvalue weighted by molar-refractivity contribution is -0.274. The number of terminal acetylenes is 1. The number of rotatable bonds is 6. The van der Waals surface area contributed by atoms with E-state index in [1.165, 1.54) is 12.1 Å². The van der Waals surface area contributed by atoms with E-state index in [0.29, 0.717) is 19.5 Å². The third-order valence-electron chi connectivity index (χ3n) is 2.41. The van der Waals surface area contributed by atoms with Gasteiger partial charge in [-0.1, -0.05) is 12.1 Å². The van der Waals surface area contributed by atoms with Crippen molar-refractivity contribution in [3.8, 4) is 18.1 Å². The molecule has 0 spiro atoms. The fourth-order valence-electron chi connectivity index (χ4n) is 1.56. The molecule has 0 aliphatic carbocycles. The van der Waals surface area contributed by atoms with Crippen molar-refractivity contribution in [2.45, 2.75) is 18.8 Å². The molecule has 3 N–H and O–H groups in total. The van der Waals surface area contributed by atoms with Crippen molar-refractivity contribution < 1.29 is 17.9 Å². The quantitative estimate of drug-likeness (QED) is 0.616. The topological polar surface area (TPSA) is 47.3 Å². The largest absolute Gasteiger partial charge is 0.573 e. The van der Waals surface area contributed by atoms with Gasteiger partial charge in [0.15, 0.2) is 0 Å². The van der Waals surface area contributed by atoms with Crippen LogP contribution in [-0.2, 0) is 0 Å². The highest BCUT2D eigenvalue weighted by atomic mass is 19.4. The molecule has 0 heterocycles. The summed E-state index contributed by atoms with van der Waals surface area (Å²) in [5.74, 6) is 2.23. The van der Waals surface area contributed by atoms with Crippen LogP contribution in [0.5, 0.6) is 5.75 Å². The minimum absolute atomic E-state index is 0.145. The third-order valence-corrected chi connectivity index (χ3v) is 2.41. The predicted octanol–water partition coefficient (Wildman–Crippen LogP) is 2.20. The number of hydrogen-bond acceptors (Lipinski definition) is 3. The van der Waals surface area contributed by atoms with Gasteiger partial charge in [-0.25, -0.2) is 0 Å². The van der Waals surface area contributed by atoms with Crippen molar-refractivity contribution >= 4 is 0 Å². The van der Waals surface area contributed by atoms with Crippen molar-refractivity contribution in [2.24, 2.45) is 5.73 Å². The Bertz CT molecular complexity index is 423. The average Bonchev–Trinajstić information content (AvgIpc) is 2.34. The summed E-state index contributed by atoms with van der Waals surface area (Å²) in [5, 5.41) is 3.12. The standard InChI is InChI=1S/C13H15F3N2O/c1-2-3-8-18-12(9-17)10-4-6-11(7-5-10)19-13(14,15)16/h1,4-7,12,18H,3,8-9,17H2. The van der Waals surface area contributed by atoms with Crippen LogP contribution in [-0.4, -0.2) is 19.5 Å². The Morgan fingerprint density at radius 3 is 2.42 bits per heavy atom. The Hall–Kier alpha value is -1.71. The van der Waals surface area contributed by atoms with Gasteiger partial charge in [-0.2, -0.15) is 0 Å². The number of hydrogen-bond donors (Lipinski definition) is 2. The lowest BCUT2D eigenvalue weighted by Gasteiger charge is -2.17. The maximum Gasteiger partial charge on any atom is 0.573 e. The highest BCUT2D eigenvalue weighted by Crippen LogP contribution is 2.24. The van der Waals surface area contributed by atoms with Crippen molar-refractivity contribution in [3.63, 3.8) is 0 Å². The summed E-state index contributed by atoms with van der Waals surface area (Å²) in [6.07, 6.45) is 1.01. The molecule has 1 unspecified atom stereocenters. The van der Waals surface area contributed by atoms with Gasteiger partial charge in [-0.15, -0.1) is 25.5 Å². The van der Waals surface area contributed by atoms with Crippen molar-refractivity contribution in [1.82, 2.24) is 5.32 Å². The normalized spacial score (nSPS) is 12.8. The van der Waals surface area contributed by atoms with Crippen molar-refractivity contribution in [2.75, 3.05) is 13.1 Å². The Labute approximate surface area is 109 Å². The van der Waals surface area contributed by atoms with Crippen LogP contribution in [0.3, 0.4) is 0 Å². The number of halogens is 3. The van der Waals surface area contributed by atoms with Gasteiger partial charge < -0.3 is 15.8 Å². The molecule has 104 valence electrons. The van der Waals surface area contributed by atoms with E-state index in [2.05, 4.69) is 16.0 Å². The summed E-state index contributed by atoms with van der Waals surface area (Å²) in [4.78, 5) is 0. The summed E-state index contributed by atoms with van der Waals surface area (Å²) in [7, 11) is 0. The Kier molecular flexibility index (Phi) is 5.67. The van der Waals surface area contributed by atoms with Crippen LogP contribution in [0.15, 0.2) is 24.3 Å². The lowest BCUT2D eigenvalue weighted by Crippen LogP contribution is -2.28. The molecule has 19 heavy (non-hydrogen) atoms. The molecule has 0 radical (unpaired) electrons. The molecule has 0 saturated heterocycles. The minimum Gasteiger partial charge on any atom is -0.406 e. The van der Waals surface area contributed by atoms with Crippen LogP contribution in [0.25, 0.3) is 0 Å². The monoisotopic (exact) mass is 272 g/mol. The Morgan fingerprint density at radius 1 is 1.32 bits per heavy atom. The van der Waals surface area contributed by atoms with Crippen LogP contribution in [0.2, 0.25) is 0 Å². The van der Waals surface area contributed by atoms with Crippen molar-refractivity contribution in [3.05, 3.63) is 29.8 Å². The third kappa shape index (κ3) is 5.64. The maximum atomic E-state index is 12.0. The van der Waals surface area contributed by atoms with Gasteiger partial charge in [-0.05, 0) is 17.7 Å². The SMILES string of the molecule is C#CCCNC(CN)c1ccc(OC(F)(F)F)cc1. The van der Waals surface area contributed by atoms with E-state index in [-0.39, 0.29) is 11.8 Å². The first-order valence-corrected chi connectivity index (χ1v) is 5.69. The summed E-state index contributed by atoms with van der Waals surface area (Å²) in [5.41, 5.74) is 6.39. The Balaban J connectivity index is 2.65. The van der Waals surface area contributed by atoms with Crippen LogP contribution in [0, 0.1) is 12.3 Å². The number of benzene rings is 1. The molecule has 1 aromatic rings. The molecular formula is C13H15F3N2O. The Morgan fingerprint density at radius 2 is 1.95 bits per heavy atom. The second kappa shape index (κ2) is 7.02. The van der Waals surface area contributed by atoms with Gasteiger partial charge in [0.25, 0.3) is 0 Å². The van der Waals surface area contributed by atoms with Gasteiger partial charge in [0.2, 0.25) is 0 Å². The highest BCUT2D eigenvalue weighted by molar-refractivity contribution is 5.29. The van der Waals surface area contributed by atoms with Crippen LogP contribution < -0.4 is 15.8 Å². The molecule has 0 saturated carbocycles. The summed E-state index contributed by atoms with van der Waals surface area (Å²) in [6.45, 7) is 0.920. The molecule has 1 aromatic carbocycles. The van der Waals surface area contributed by atoms with Gasteiger partial charge >= 0.3 is 6.36 Å². The van der Waals surface area contributed by atoms with E-state index < -0.39 is 6.36 Å². The molecule has 0 aromatic heterocycles. The van der Waals surface area contributed by atoms with E-state index in [1.54, 1.807) is 12.1 Å². The summed E-state index contributed by atoms with van der Waals surface area (Å²) in [6, 6.07) is 5.46. The maximum absolute atomic E-state index is 12.0. The zero-order chi connectivity index (χ0) is 14.3. The van der Waals surface area contributed by atoms with Crippen LogP contribution >= 0.6 is 0 Å². The van der Waals surface area contributed by atoms with E-state index in [1.807, 2.05) is 0 Å².